The summed E-state index contributed by atoms with van der Waals surface area (Å²) in [6.07, 6.45) is 14.5. The molecule has 0 saturated carbocycles. The van der Waals surface area contributed by atoms with Crippen molar-refractivity contribution in [3.63, 3.8) is 0 Å². The van der Waals surface area contributed by atoms with Crippen LogP contribution < -0.4 is 52.7 Å². The van der Waals surface area contributed by atoms with Crippen LogP contribution in [0.1, 0.15) is 154 Å². The van der Waals surface area contributed by atoms with Crippen molar-refractivity contribution in [2.24, 2.45) is 35.3 Å². The molecule has 104 heavy (non-hydrogen) atoms. The van der Waals surface area contributed by atoms with E-state index in [1.807, 2.05) is 17.9 Å². The molecule has 0 radical (unpaired) electrons. The molecule has 9 rings (SSSR count). The predicted molar refractivity (Wildman–Crippen MR) is 387 cm³/mol. The van der Waals surface area contributed by atoms with Gasteiger partial charge in [-0.25, -0.2) is 14.6 Å². The number of allylic oxidation sites excluding steroid dienone is 4. The number of urea groups is 1. The summed E-state index contributed by atoms with van der Waals surface area (Å²) < 4.78 is 30.5. The summed E-state index contributed by atoms with van der Waals surface area (Å²) in [5.74, 6) is -7.63. The van der Waals surface area contributed by atoms with E-state index in [2.05, 4.69) is 52.7 Å². The fraction of sp³-hybridized carbons (Fsp3) is 0.474. The lowest BCUT2D eigenvalue weighted by Gasteiger charge is -2.33. The number of carbonyl (C=O) groups excluding carboxylic acids is 10. The highest BCUT2D eigenvalue weighted by Gasteiger charge is 2.50. The first-order valence-electron chi connectivity index (χ1n) is 35.4. The van der Waals surface area contributed by atoms with Crippen molar-refractivity contribution in [3.8, 4) is 28.7 Å². The molecule has 5 heterocycles. The third kappa shape index (κ3) is 18.7. The number of anilines is 3. The van der Waals surface area contributed by atoms with E-state index in [-0.39, 0.29) is 154 Å². The number of benzene rings is 4. The maximum atomic E-state index is 15.1. The second-order valence-electron chi connectivity index (χ2n) is 28.1. The predicted octanol–water partition coefficient (Wildman–Crippen LogP) is 9.48. The normalized spacial score (nSPS) is 22.1. The summed E-state index contributed by atoms with van der Waals surface area (Å²) >= 11 is 0. The Labute approximate surface area is 602 Å². The lowest BCUT2D eigenvalue weighted by Crippen LogP contribution is -2.54. The third-order valence-electron chi connectivity index (χ3n) is 19.3. The number of unbranched alkanes of at least 4 members (excludes halogenated alkanes) is 2. The van der Waals surface area contributed by atoms with Crippen LogP contribution in [0.5, 0.6) is 17.2 Å². The first-order valence-corrected chi connectivity index (χ1v) is 35.4. The number of aromatic nitrogens is 1. The summed E-state index contributed by atoms with van der Waals surface area (Å²) in [5.41, 5.74) is 5.23. The minimum atomic E-state index is -2.02. The van der Waals surface area contributed by atoms with Crippen LogP contribution in [-0.2, 0) is 54.4 Å². The Balaban J connectivity index is 0.862. The van der Waals surface area contributed by atoms with E-state index < -0.39 is 82.4 Å². The van der Waals surface area contributed by atoms with E-state index in [4.69, 9.17) is 34.1 Å². The monoisotopic (exact) mass is 1430 g/mol. The van der Waals surface area contributed by atoms with Gasteiger partial charge in [-0.3, -0.25) is 48.1 Å². The fourth-order valence-electron chi connectivity index (χ4n) is 13.7. The van der Waals surface area contributed by atoms with Gasteiger partial charge < -0.3 is 76.1 Å². The molecule has 28 heteroatoms. The number of Topliss-reactive ketones (excluding diaryl/α,β-unsaturated/α-hetero) is 1. The van der Waals surface area contributed by atoms with Gasteiger partial charge in [-0.1, -0.05) is 78.3 Å². The van der Waals surface area contributed by atoms with Crippen molar-refractivity contribution in [3.05, 3.63) is 112 Å². The quantitative estimate of drug-likeness (QED) is 0.0108. The first kappa shape index (κ1) is 77.4. The van der Waals surface area contributed by atoms with Crippen LogP contribution in [0.2, 0.25) is 0 Å². The number of hydrogen-bond acceptors (Lipinski definition) is 20. The number of nitrogens with two attached hydrogens (primary N) is 1. The van der Waals surface area contributed by atoms with Gasteiger partial charge in [-0.15, -0.1) is 0 Å². The number of amides is 9. The van der Waals surface area contributed by atoms with Crippen molar-refractivity contribution in [1.82, 2.24) is 31.2 Å². The highest BCUT2D eigenvalue weighted by molar-refractivity contribution is 6.22. The number of nitrogens with zero attached hydrogens (tertiary/aromatic N) is 3. The number of ketones is 1. The van der Waals surface area contributed by atoms with Gasteiger partial charge >= 0.3 is 23.9 Å². The average Bonchev–Trinajstić information content (AvgIpc) is 1.40. The first-order chi connectivity index (χ1) is 49.4. The maximum Gasteiger partial charge on any atom is 0.407 e. The van der Waals surface area contributed by atoms with Gasteiger partial charge in [0, 0.05) is 105 Å². The fourth-order valence-corrected chi connectivity index (χ4v) is 13.7. The summed E-state index contributed by atoms with van der Waals surface area (Å²) in [7, 11) is 0. The number of phenols is 2. The Morgan fingerprint density at radius 3 is 2.27 bits per heavy atom. The number of phenolic OH excluding ortho intramolecular Hbond substituents is 2. The molecule has 1 fully saturated rings. The van der Waals surface area contributed by atoms with Crippen LogP contribution >= 0.6 is 0 Å². The van der Waals surface area contributed by atoms with E-state index in [9.17, 15) is 58.2 Å². The van der Waals surface area contributed by atoms with Gasteiger partial charge in [0.15, 0.2) is 11.3 Å². The number of carbonyl (C=O) groups is 10. The molecule has 1 saturated heterocycles. The standard InChI is InChI=1S/C76H94N10O18/c1-40(2)61(82-55(89)21-12-11-13-31-86-56(90)26-27-57(86)91)73(97)81-52(20-15-30-78-74(77)98)72(96)79-49-24-22-48(23-25-49)39-100-75(99)80-50-28-32-85(33-29-50)51-37-53(88)62-54(38-51)103-69-63(83-62)58-59-65(92)46(8)68-60(58)70(94)76(10,104-68)101-34-16-19-43(5)67(102-47(9)87)45(7)36-42(4)35-41(3)17-14-18-44(6)71(95)84-64(69)66(59)93/h14,16-18,22-27,34,37-38,40-43,45,50,52,61,67,88,92H,11-13,15,19-21,28-33,35-36,39H2,1-10H3,(H,79,96)(H,80,99)(H,81,97)(H,82,89)(H,84,95)(H3,77,78,98)/b17-14+,34-16+,44-18-/t41-,42+,43+,45+,52-,61-,67+,76-/m0/s1. The summed E-state index contributed by atoms with van der Waals surface area (Å²) in [6, 6.07) is 6.42. The number of nitrogens with one attached hydrogen (secondary N) is 6. The van der Waals surface area contributed by atoms with Crippen molar-refractivity contribution in [2.75, 3.05) is 41.7 Å². The second kappa shape index (κ2) is 34.0. The number of fused-ring (bicyclic) bond motifs is 2. The largest absolute Gasteiger partial charge is 0.507 e. The molecule has 0 aromatic heterocycles. The molecule has 6 aliphatic rings. The lowest BCUT2D eigenvalue weighted by molar-refractivity contribution is -0.152. The topological polar surface area (TPSA) is 396 Å². The summed E-state index contributed by atoms with van der Waals surface area (Å²) in [5, 5.41) is 39.8. The van der Waals surface area contributed by atoms with E-state index in [0.29, 0.717) is 68.6 Å². The maximum absolute atomic E-state index is 15.1. The van der Waals surface area contributed by atoms with Crippen LogP contribution in [0.25, 0.3) is 33.3 Å². The van der Waals surface area contributed by atoms with E-state index >= 15 is 4.79 Å². The molecule has 28 nitrogen and oxygen atoms in total. The van der Waals surface area contributed by atoms with Gasteiger partial charge in [0.1, 0.15) is 58.9 Å². The Morgan fingerprint density at radius 1 is 0.875 bits per heavy atom. The number of rotatable bonds is 21. The van der Waals surface area contributed by atoms with Crippen molar-refractivity contribution >= 4 is 98.3 Å². The molecule has 0 spiro atoms. The van der Waals surface area contributed by atoms with Crippen LogP contribution in [0, 0.1) is 36.5 Å². The van der Waals surface area contributed by atoms with Crippen LogP contribution in [0.15, 0.2) is 93.9 Å². The number of piperidine rings is 1. The zero-order valence-corrected chi connectivity index (χ0v) is 60.4. The molecular formula is C76H94N10O18. The number of aromatic hydroxyl groups is 2. The number of hydrogen-bond donors (Lipinski definition) is 9. The number of alkyl carbamates (subject to hydrolysis) is 1. The zero-order valence-electron chi connectivity index (χ0n) is 60.4. The highest BCUT2D eigenvalue weighted by Crippen LogP contribution is 2.51. The molecule has 4 bridgehead atoms. The van der Waals surface area contributed by atoms with Gasteiger partial charge in [0.25, 0.3) is 23.5 Å². The van der Waals surface area contributed by atoms with Crippen molar-refractivity contribution in [2.45, 2.75) is 176 Å². The second-order valence-corrected chi connectivity index (χ2v) is 28.1. The molecule has 3 aromatic carbocycles. The molecule has 10 N–H and O–H groups in total. The number of esters is 1. The highest BCUT2D eigenvalue weighted by atomic mass is 16.7. The molecule has 9 amide bonds. The third-order valence-corrected chi connectivity index (χ3v) is 19.3. The molecule has 3 aromatic rings. The summed E-state index contributed by atoms with van der Waals surface area (Å²) in [6.45, 7) is 18.6. The molecule has 1 aliphatic carbocycles. The minimum Gasteiger partial charge on any atom is -0.507 e. The Hall–Kier alpha value is -10.8. The molecular weight excluding hydrogens is 1340 g/mol. The van der Waals surface area contributed by atoms with Crippen LogP contribution in [0.3, 0.4) is 0 Å². The van der Waals surface area contributed by atoms with E-state index in [1.165, 1.54) is 45.3 Å². The minimum absolute atomic E-state index is 0.00547. The Bertz CT molecular complexity index is 4270. The Kier molecular flexibility index (Phi) is 25.3. The average molecular weight is 1440 g/mol. The van der Waals surface area contributed by atoms with Crippen LogP contribution in [-0.4, -0.2) is 136 Å². The van der Waals surface area contributed by atoms with Gasteiger partial charge in [0.2, 0.25) is 23.2 Å². The molecule has 556 valence electrons. The Morgan fingerprint density at radius 2 is 1.59 bits per heavy atom. The SMILES string of the molecule is CC(=O)O[C@@H]1[C@H](C)C/C=C/O[C@@]2(C)Oc3c(C)c(O)c4c(=O)c(c5oc6cc(N7CCC(NC(=O)OCc8ccc(NC(=O)[C@H](CCCNC(N)=O)NC(=O)[C@@H](NC(=O)CCCCCN9C(=O)C=CC9=O)C(C)C)cc8)CC7)cc(O)c6nc-5c4c3C2=O)NC(=O)/C(C)=C\C=C\[C@H](C)C[C@@H](C)C[C@H]1C. The lowest BCUT2D eigenvalue weighted by atomic mass is 9.82. The number of ether oxygens (including phenoxy) is 4. The van der Waals surface area contributed by atoms with Gasteiger partial charge in [0.05, 0.1) is 17.2 Å². The zero-order chi connectivity index (χ0) is 75.4. The van der Waals surface area contributed by atoms with Gasteiger partial charge in [-0.05, 0) is 125 Å². The summed E-state index contributed by atoms with van der Waals surface area (Å²) in [4.78, 5) is 153. The van der Waals surface area contributed by atoms with E-state index in [0.717, 1.165) is 17.7 Å². The van der Waals surface area contributed by atoms with E-state index in [1.54, 1.807) is 69.3 Å². The molecule has 5 aliphatic heterocycles. The molecule has 8 atom stereocenters. The molecule has 0 unspecified atom stereocenters. The smallest absolute Gasteiger partial charge is 0.407 e. The van der Waals surface area contributed by atoms with Crippen LogP contribution in [0.4, 0.5) is 26.7 Å². The van der Waals surface area contributed by atoms with Gasteiger partial charge in [-0.2, -0.15) is 0 Å². The van der Waals surface area contributed by atoms with Crippen molar-refractivity contribution < 1.29 is 81.5 Å². The number of primary amides is 1. The number of imide groups is 1. The van der Waals surface area contributed by atoms with Crippen molar-refractivity contribution in [1.29, 1.82) is 0 Å².